The molecule has 0 saturated carbocycles. The van der Waals surface area contributed by atoms with E-state index in [1.807, 2.05) is 0 Å². The number of fused-ring (bicyclic) bond motifs is 1. The van der Waals surface area contributed by atoms with Crippen LogP contribution < -0.4 is 10.1 Å². The molecule has 1 aromatic carbocycles. The summed E-state index contributed by atoms with van der Waals surface area (Å²) >= 11 is 0. The largest absolute Gasteiger partial charge is 0.495 e. The van der Waals surface area contributed by atoms with Crippen molar-refractivity contribution < 1.29 is 13.2 Å². The van der Waals surface area contributed by atoms with Crippen LogP contribution in [0.4, 0.5) is 5.69 Å². The molecule has 0 amide bonds. The van der Waals surface area contributed by atoms with Crippen molar-refractivity contribution in [2.24, 2.45) is 0 Å². The first-order chi connectivity index (χ1) is 7.40. The number of methoxy groups -OCH3 is 1. The molecule has 16 heavy (non-hydrogen) atoms. The van der Waals surface area contributed by atoms with Crippen LogP contribution in [-0.4, -0.2) is 26.8 Å². The first kappa shape index (κ1) is 11.3. The molecule has 2 rings (SSSR count). The van der Waals surface area contributed by atoms with Gasteiger partial charge in [0.1, 0.15) is 10.6 Å². The Labute approximate surface area is 95.5 Å². The number of hydrogen-bond acceptors (Lipinski definition) is 4. The van der Waals surface area contributed by atoms with Crippen molar-refractivity contribution in [3.05, 3.63) is 18.2 Å². The molecule has 0 saturated heterocycles. The topological polar surface area (TPSA) is 55.4 Å². The van der Waals surface area contributed by atoms with E-state index in [2.05, 4.69) is 5.32 Å². The second-order valence-corrected chi connectivity index (χ2v) is 6.97. The predicted octanol–water partition coefficient (Wildman–Crippen LogP) is 1.67. The van der Waals surface area contributed by atoms with Crippen LogP contribution in [0.25, 0.3) is 0 Å². The molecule has 1 N–H and O–H groups in total. The lowest BCUT2D eigenvalue weighted by molar-refractivity contribution is 0.401. The maximum Gasteiger partial charge on any atom is 0.190 e. The van der Waals surface area contributed by atoms with Crippen molar-refractivity contribution in [3.8, 4) is 5.75 Å². The van der Waals surface area contributed by atoms with E-state index in [4.69, 9.17) is 4.74 Å². The average molecular weight is 241 g/mol. The molecule has 5 heteroatoms. The summed E-state index contributed by atoms with van der Waals surface area (Å²) in [6.45, 7) is 3.84. The summed E-state index contributed by atoms with van der Waals surface area (Å²) in [5.74, 6) is 0.401. The molecular formula is C11H15NO3S. The van der Waals surface area contributed by atoms with Gasteiger partial charge < -0.3 is 10.1 Å². The molecule has 0 aliphatic carbocycles. The third kappa shape index (κ3) is 1.38. The lowest BCUT2D eigenvalue weighted by Gasteiger charge is -2.32. The summed E-state index contributed by atoms with van der Waals surface area (Å²) in [7, 11) is -1.87. The summed E-state index contributed by atoms with van der Waals surface area (Å²) in [5, 5.41) is 3.12. The quantitative estimate of drug-likeness (QED) is 0.812. The Morgan fingerprint density at radius 3 is 2.69 bits per heavy atom. The summed E-state index contributed by atoms with van der Waals surface area (Å²) in [5.41, 5.74) is 0.624. The number of ether oxygens (including phenoxy) is 1. The smallest absolute Gasteiger partial charge is 0.190 e. The van der Waals surface area contributed by atoms with Crippen LogP contribution >= 0.6 is 0 Å². The van der Waals surface area contributed by atoms with Gasteiger partial charge in [0.2, 0.25) is 0 Å². The van der Waals surface area contributed by atoms with Gasteiger partial charge in [0, 0.05) is 6.54 Å². The number of hydrogen-bond donors (Lipinski definition) is 1. The molecule has 0 radical (unpaired) electrons. The van der Waals surface area contributed by atoms with Crippen molar-refractivity contribution in [1.82, 2.24) is 0 Å². The van der Waals surface area contributed by atoms with Gasteiger partial charge in [0.05, 0.1) is 17.5 Å². The monoisotopic (exact) mass is 241 g/mol. The second kappa shape index (κ2) is 3.38. The normalized spacial score (nSPS) is 20.7. The van der Waals surface area contributed by atoms with Gasteiger partial charge in [-0.3, -0.25) is 0 Å². The molecule has 0 aromatic heterocycles. The van der Waals surface area contributed by atoms with Gasteiger partial charge in [0.15, 0.2) is 9.84 Å². The lowest BCUT2D eigenvalue weighted by Crippen LogP contribution is -2.43. The fourth-order valence-corrected chi connectivity index (χ4v) is 3.43. The predicted molar refractivity (Wildman–Crippen MR) is 62.7 cm³/mol. The minimum Gasteiger partial charge on any atom is -0.495 e. The molecule has 0 fully saturated rings. The zero-order valence-electron chi connectivity index (χ0n) is 9.57. The van der Waals surface area contributed by atoms with Crippen molar-refractivity contribution in [2.45, 2.75) is 23.5 Å². The average Bonchev–Trinajstić information content (AvgIpc) is 2.23. The van der Waals surface area contributed by atoms with Gasteiger partial charge >= 0.3 is 0 Å². The summed E-state index contributed by atoms with van der Waals surface area (Å²) in [6, 6.07) is 5.20. The molecule has 88 valence electrons. The molecule has 1 heterocycles. The molecule has 0 spiro atoms. The van der Waals surface area contributed by atoms with Crippen LogP contribution in [0.15, 0.2) is 23.1 Å². The molecule has 1 aromatic rings. The Bertz CT molecular complexity index is 506. The van der Waals surface area contributed by atoms with Gasteiger partial charge in [-0.2, -0.15) is 0 Å². The van der Waals surface area contributed by atoms with Crippen molar-refractivity contribution >= 4 is 15.5 Å². The Morgan fingerprint density at radius 2 is 2.06 bits per heavy atom. The van der Waals surface area contributed by atoms with E-state index in [1.165, 1.54) is 7.11 Å². The van der Waals surface area contributed by atoms with Crippen LogP contribution in [-0.2, 0) is 9.84 Å². The van der Waals surface area contributed by atoms with Gasteiger partial charge in [-0.05, 0) is 26.0 Å². The Hall–Kier alpha value is -1.23. The van der Waals surface area contributed by atoms with E-state index in [0.717, 1.165) is 0 Å². The van der Waals surface area contributed by atoms with E-state index >= 15 is 0 Å². The highest BCUT2D eigenvalue weighted by molar-refractivity contribution is 7.93. The standard InChI is InChI=1S/C11H15NO3S/c1-11(2)7-12-8-5-4-6-9(15-3)10(8)16(11,13)14/h4-6,12H,7H2,1-3H3. The first-order valence-corrected chi connectivity index (χ1v) is 6.54. The van der Waals surface area contributed by atoms with Crippen LogP contribution in [0.2, 0.25) is 0 Å². The fourth-order valence-electron chi connectivity index (χ4n) is 1.77. The summed E-state index contributed by atoms with van der Waals surface area (Å²) in [6.07, 6.45) is 0. The third-order valence-electron chi connectivity index (χ3n) is 2.90. The van der Waals surface area contributed by atoms with E-state index < -0.39 is 14.6 Å². The highest BCUT2D eigenvalue weighted by Gasteiger charge is 2.42. The van der Waals surface area contributed by atoms with E-state index in [9.17, 15) is 8.42 Å². The summed E-state index contributed by atoms with van der Waals surface area (Å²) < 4.78 is 29.1. The summed E-state index contributed by atoms with van der Waals surface area (Å²) in [4.78, 5) is 0.272. The minimum atomic E-state index is -3.35. The van der Waals surface area contributed by atoms with Gasteiger partial charge in [-0.25, -0.2) is 8.42 Å². The second-order valence-electron chi connectivity index (χ2n) is 4.45. The maximum atomic E-state index is 12.4. The van der Waals surface area contributed by atoms with E-state index in [-0.39, 0.29) is 4.90 Å². The highest BCUT2D eigenvalue weighted by Crippen LogP contribution is 2.40. The van der Waals surface area contributed by atoms with Gasteiger partial charge in [-0.15, -0.1) is 0 Å². The zero-order chi connectivity index (χ0) is 12.0. The Kier molecular flexibility index (Phi) is 2.38. The lowest BCUT2D eigenvalue weighted by atomic mass is 10.2. The number of nitrogens with one attached hydrogen (secondary N) is 1. The minimum absolute atomic E-state index is 0.272. The first-order valence-electron chi connectivity index (χ1n) is 5.06. The van der Waals surface area contributed by atoms with Crippen molar-refractivity contribution in [3.63, 3.8) is 0 Å². The van der Waals surface area contributed by atoms with Crippen LogP contribution in [0, 0.1) is 0 Å². The zero-order valence-corrected chi connectivity index (χ0v) is 10.4. The number of anilines is 1. The number of benzene rings is 1. The van der Waals surface area contributed by atoms with Crippen molar-refractivity contribution in [1.29, 1.82) is 0 Å². The van der Waals surface area contributed by atoms with E-state index in [1.54, 1.807) is 32.0 Å². The Balaban J connectivity index is 2.76. The Morgan fingerprint density at radius 1 is 1.38 bits per heavy atom. The molecule has 0 atom stereocenters. The number of sulfone groups is 1. The maximum absolute atomic E-state index is 12.4. The van der Waals surface area contributed by atoms with E-state index in [0.29, 0.717) is 18.0 Å². The third-order valence-corrected chi connectivity index (χ3v) is 5.46. The molecule has 4 nitrogen and oxygen atoms in total. The van der Waals surface area contributed by atoms with Gasteiger partial charge in [0.25, 0.3) is 0 Å². The molecule has 0 unspecified atom stereocenters. The number of rotatable bonds is 1. The highest BCUT2D eigenvalue weighted by atomic mass is 32.2. The van der Waals surface area contributed by atoms with Gasteiger partial charge in [-0.1, -0.05) is 6.07 Å². The molecular weight excluding hydrogens is 226 g/mol. The molecule has 0 bridgehead atoms. The fraction of sp³-hybridized carbons (Fsp3) is 0.455. The SMILES string of the molecule is COc1cccc2c1S(=O)(=O)C(C)(C)CN2. The van der Waals surface area contributed by atoms with Crippen LogP contribution in [0.3, 0.4) is 0 Å². The van der Waals surface area contributed by atoms with Crippen LogP contribution in [0.5, 0.6) is 5.75 Å². The molecule has 1 aliphatic rings. The van der Waals surface area contributed by atoms with Crippen LogP contribution in [0.1, 0.15) is 13.8 Å². The van der Waals surface area contributed by atoms with Crippen molar-refractivity contribution in [2.75, 3.05) is 19.0 Å². The molecule has 1 aliphatic heterocycles.